The van der Waals surface area contributed by atoms with E-state index in [0.29, 0.717) is 33.8 Å². The Morgan fingerprint density at radius 2 is 1.86 bits per heavy atom. The van der Waals surface area contributed by atoms with Crippen LogP contribution in [0.4, 0.5) is 5.69 Å². The van der Waals surface area contributed by atoms with E-state index in [9.17, 15) is 9.00 Å². The summed E-state index contributed by atoms with van der Waals surface area (Å²) in [5, 5.41) is 1.06. The lowest BCUT2D eigenvalue weighted by molar-refractivity contribution is -0.121. The Labute approximate surface area is 136 Å². The van der Waals surface area contributed by atoms with Crippen LogP contribution in [0.1, 0.15) is 6.42 Å². The Balaban J connectivity index is 1.75. The van der Waals surface area contributed by atoms with E-state index >= 15 is 0 Å². The molecule has 1 amide bonds. The van der Waals surface area contributed by atoms with Crippen LogP contribution in [-0.2, 0) is 15.6 Å². The number of hydrogen-bond donors (Lipinski definition) is 0. The Kier molecular flexibility index (Phi) is 4.54. The van der Waals surface area contributed by atoms with Gasteiger partial charge in [0, 0.05) is 47.0 Å². The first-order valence-corrected chi connectivity index (χ1v) is 9.16. The molecule has 4 nitrogen and oxygen atoms in total. The second-order valence-corrected chi connectivity index (χ2v) is 7.81. The van der Waals surface area contributed by atoms with E-state index in [1.165, 1.54) is 0 Å². The molecule has 1 aromatic carbocycles. The van der Waals surface area contributed by atoms with Crippen LogP contribution in [0.2, 0.25) is 10.0 Å². The summed E-state index contributed by atoms with van der Waals surface area (Å²) in [6.45, 7) is 2.11. The fourth-order valence-corrected chi connectivity index (χ4v) is 4.50. The Morgan fingerprint density at radius 3 is 2.52 bits per heavy atom. The number of carbonyl (C=O) groups excluding carboxylic acids is 1. The van der Waals surface area contributed by atoms with Gasteiger partial charge >= 0.3 is 0 Å². The van der Waals surface area contributed by atoms with Gasteiger partial charge < -0.3 is 4.90 Å². The summed E-state index contributed by atoms with van der Waals surface area (Å²) in [6, 6.07) is 5.07. The van der Waals surface area contributed by atoms with Crippen LogP contribution < -0.4 is 4.90 Å². The van der Waals surface area contributed by atoms with Gasteiger partial charge in [-0.25, -0.2) is 0 Å². The lowest BCUT2D eigenvalue weighted by Crippen LogP contribution is -2.48. The summed E-state index contributed by atoms with van der Waals surface area (Å²) in [4.78, 5) is 16.5. The number of carbonyl (C=O) groups is 1. The van der Waals surface area contributed by atoms with Gasteiger partial charge in [-0.1, -0.05) is 23.2 Å². The second kappa shape index (κ2) is 6.24. The van der Waals surface area contributed by atoms with Crippen molar-refractivity contribution in [3.05, 3.63) is 28.2 Å². The molecule has 2 saturated heterocycles. The van der Waals surface area contributed by atoms with Crippen molar-refractivity contribution >= 4 is 45.6 Å². The van der Waals surface area contributed by atoms with E-state index in [-0.39, 0.29) is 11.9 Å². The molecule has 114 valence electrons. The highest BCUT2D eigenvalue weighted by molar-refractivity contribution is 7.85. The quantitative estimate of drug-likeness (QED) is 0.823. The van der Waals surface area contributed by atoms with Gasteiger partial charge in [-0.2, -0.15) is 0 Å². The standard InChI is InChI=1S/C14H16Cl2N2O2S/c15-10-1-2-12(11(16)9-10)18-4-3-13(14(18)19)17-5-7-21(20)8-6-17/h1-2,9,13H,3-8H2. The lowest BCUT2D eigenvalue weighted by Gasteiger charge is -2.30. The highest BCUT2D eigenvalue weighted by atomic mass is 35.5. The minimum atomic E-state index is -0.726. The van der Waals surface area contributed by atoms with Crippen molar-refractivity contribution in [2.45, 2.75) is 12.5 Å². The van der Waals surface area contributed by atoms with Gasteiger partial charge in [-0.05, 0) is 24.6 Å². The number of rotatable bonds is 2. The Hall–Kier alpha value is -0.620. The number of nitrogens with zero attached hydrogens (tertiary/aromatic N) is 2. The smallest absolute Gasteiger partial charge is 0.244 e. The monoisotopic (exact) mass is 346 g/mol. The highest BCUT2D eigenvalue weighted by Gasteiger charge is 2.38. The van der Waals surface area contributed by atoms with Crippen LogP contribution in [0.3, 0.4) is 0 Å². The predicted octanol–water partition coefficient (Wildman–Crippen LogP) is 2.16. The van der Waals surface area contributed by atoms with Crippen molar-refractivity contribution < 1.29 is 9.00 Å². The van der Waals surface area contributed by atoms with Crippen LogP contribution in [0.15, 0.2) is 18.2 Å². The lowest BCUT2D eigenvalue weighted by atomic mass is 10.2. The molecule has 2 heterocycles. The zero-order chi connectivity index (χ0) is 15.0. The molecule has 0 N–H and O–H groups in total. The van der Waals surface area contributed by atoms with Crippen molar-refractivity contribution in [2.24, 2.45) is 0 Å². The first kappa shape index (κ1) is 15.3. The molecular formula is C14H16Cl2N2O2S. The maximum Gasteiger partial charge on any atom is 0.244 e. The summed E-state index contributed by atoms with van der Waals surface area (Å²) < 4.78 is 11.4. The molecule has 1 unspecified atom stereocenters. The molecule has 0 bridgehead atoms. The van der Waals surface area contributed by atoms with Gasteiger partial charge in [0.1, 0.15) is 0 Å². The average molecular weight is 347 g/mol. The number of benzene rings is 1. The Bertz CT molecular complexity index is 586. The molecule has 0 aliphatic carbocycles. The molecule has 0 saturated carbocycles. The average Bonchev–Trinajstić information content (AvgIpc) is 2.82. The van der Waals surface area contributed by atoms with Crippen LogP contribution >= 0.6 is 23.2 Å². The van der Waals surface area contributed by atoms with Crippen molar-refractivity contribution in [1.29, 1.82) is 0 Å². The third-order valence-electron chi connectivity index (χ3n) is 4.03. The number of amides is 1. The minimum Gasteiger partial charge on any atom is -0.310 e. The maximum absolute atomic E-state index is 12.6. The van der Waals surface area contributed by atoms with Crippen molar-refractivity contribution in [3.8, 4) is 0 Å². The highest BCUT2D eigenvalue weighted by Crippen LogP contribution is 2.32. The van der Waals surface area contributed by atoms with Crippen LogP contribution in [0.5, 0.6) is 0 Å². The molecule has 1 aromatic rings. The molecule has 0 spiro atoms. The predicted molar refractivity (Wildman–Crippen MR) is 86.7 cm³/mol. The molecule has 3 rings (SSSR count). The zero-order valence-corrected chi connectivity index (χ0v) is 13.8. The van der Waals surface area contributed by atoms with Gasteiger partial charge in [0.25, 0.3) is 0 Å². The number of halogens is 2. The minimum absolute atomic E-state index is 0.0758. The fraction of sp³-hybridized carbons (Fsp3) is 0.500. The van der Waals surface area contributed by atoms with Gasteiger partial charge in [-0.15, -0.1) is 0 Å². The van der Waals surface area contributed by atoms with E-state index in [4.69, 9.17) is 23.2 Å². The van der Waals surface area contributed by atoms with Crippen molar-refractivity contribution in [2.75, 3.05) is 36.0 Å². The fourth-order valence-electron chi connectivity index (χ4n) is 2.91. The topological polar surface area (TPSA) is 40.6 Å². The van der Waals surface area contributed by atoms with E-state index in [1.54, 1.807) is 23.1 Å². The van der Waals surface area contributed by atoms with Gasteiger partial charge in [0.2, 0.25) is 5.91 Å². The normalized spacial score (nSPS) is 24.8. The van der Waals surface area contributed by atoms with Crippen LogP contribution in [0, 0.1) is 0 Å². The number of hydrogen-bond acceptors (Lipinski definition) is 3. The molecule has 1 atom stereocenters. The van der Waals surface area contributed by atoms with Gasteiger partial charge in [-0.3, -0.25) is 13.9 Å². The molecule has 21 heavy (non-hydrogen) atoms. The van der Waals surface area contributed by atoms with E-state index in [2.05, 4.69) is 4.90 Å². The molecule has 7 heteroatoms. The maximum atomic E-state index is 12.6. The SMILES string of the molecule is O=C1C(N2CCS(=O)CC2)CCN1c1ccc(Cl)cc1Cl. The molecular weight excluding hydrogens is 331 g/mol. The molecule has 0 radical (unpaired) electrons. The van der Waals surface area contributed by atoms with E-state index in [0.717, 1.165) is 19.5 Å². The van der Waals surface area contributed by atoms with Crippen LogP contribution in [0.25, 0.3) is 0 Å². The van der Waals surface area contributed by atoms with Crippen LogP contribution in [-0.4, -0.2) is 52.2 Å². The summed E-state index contributed by atoms with van der Waals surface area (Å²) in [5.74, 6) is 1.39. The first-order valence-electron chi connectivity index (χ1n) is 6.92. The summed E-state index contributed by atoms with van der Waals surface area (Å²) >= 11 is 12.1. The summed E-state index contributed by atoms with van der Waals surface area (Å²) in [6.07, 6.45) is 0.782. The third kappa shape index (κ3) is 3.11. The third-order valence-corrected chi connectivity index (χ3v) is 5.84. The summed E-state index contributed by atoms with van der Waals surface area (Å²) in [5.41, 5.74) is 0.717. The largest absolute Gasteiger partial charge is 0.310 e. The second-order valence-electron chi connectivity index (χ2n) is 5.27. The molecule has 2 fully saturated rings. The van der Waals surface area contributed by atoms with Crippen molar-refractivity contribution in [3.63, 3.8) is 0 Å². The molecule has 0 aromatic heterocycles. The first-order chi connectivity index (χ1) is 10.1. The van der Waals surface area contributed by atoms with Crippen molar-refractivity contribution in [1.82, 2.24) is 4.90 Å². The zero-order valence-electron chi connectivity index (χ0n) is 11.4. The number of anilines is 1. The molecule has 2 aliphatic rings. The summed E-state index contributed by atoms with van der Waals surface area (Å²) in [7, 11) is -0.726. The van der Waals surface area contributed by atoms with E-state index in [1.807, 2.05) is 0 Å². The van der Waals surface area contributed by atoms with E-state index < -0.39 is 10.8 Å². The van der Waals surface area contributed by atoms with Gasteiger partial charge in [0.05, 0.1) is 16.8 Å². The van der Waals surface area contributed by atoms with Gasteiger partial charge in [0.15, 0.2) is 0 Å². The molecule has 2 aliphatic heterocycles. The Morgan fingerprint density at radius 1 is 1.14 bits per heavy atom.